The summed E-state index contributed by atoms with van der Waals surface area (Å²) in [5.74, 6) is 0. The highest BCUT2D eigenvalue weighted by Crippen LogP contribution is 2.17. The van der Waals surface area contributed by atoms with E-state index in [1.807, 2.05) is 0 Å². The third-order valence-electron chi connectivity index (χ3n) is 2.00. The number of aliphatic hydroxyl groups is 2. The molecule has 1 aliphatic rings. The van der Waals surface area contributed by atoms with Crippen LogP contribution in [0.1, 0.15) is 0 Å². The fourth-order valence-electron chi connectivity index (χ4n) is 1.26. The van der Waals surface area contributed by atoms with Crippen molar-refractivity contribution in [1.29, 1.82) is 0 Å². The van der Waals surface area contributed by atoms with E-state index < -0.39 is 18.5 Å². The van der Waals surface area contributed by atoms with Crippen LogP contribution in [0, 0.1) is 0 Å². The molecule has 1 rings (SSSR count). The summed E-state index contributed by atoms with van der Waals surface area (Å²) in [6.45, 7) is 0.229. The molecule has 0 spiro atoms. The molecule has 0 aliphatic carbocycles. The number of aliphatic hydroxyl groups excluding tert-OH is 2. The number of hydrogen-bond donors (Lipinski definition) is 2. The van der Waals surface area contributed by atoms with E-state index in [-0.39, 0.29) is 12.7 Å². The molecule has 1 fully saturated rings. The Balaban J connectivity index is 2.58. The van der Waals surface area contributed by atoms with Crippen molar-refractivity contribution in [3.05, 3.63) is 0 Å². The van der Waals surface area contributed by atoms with Gasteiger partial charge in [-0.25, -0.2) is 0 Å². The molecule has 0 saturated carbocycles. The second-order valence-electron chi connectivity index (χ2n) is 2.69. The molecular formula is C7H14O5. The summed E-state index contributed by atoms with van der Waals surface area (Å²) in [6, 6.07) is 0. The number of rotatable bonds is 2. The first-order chi connectivity index (χ1) is 5.70. The minimum Gasteiger partial charge on any atom is -0.385 e. The van der Waals surface area contributed by atoms with E-state index in [1.165, 1.54) is 14.2 Å². The molecule has 5 heteroatoms. The Kier molecular flexibility index (Phi) is 3.42. The predicted molar refractivity (Wildman–Crippen MR) is 39.6 cm³/mol. The molecule has 72 valence electrons. The van der Waals surface area contributed by atoms with Crippen molar-refractivity contribution in [2.45, 2.75) is 24.6 Å². The first-order valence-electron chi connectivity index (χ1n) is 3.74. The normalized spacial score (nSPS) is 43.0. The molecule has 1 unspecified atom stereocenters. The van der Waals surface area contributed by atoms with Crippen LogP contribution in [-0.4, -0.2) is 55.6 Å². The Morgan fingerprint density at radius 1 is 1.25 bits per heavy atom. The minimum absolute atomic E-state index is 0.229. The molecular weight excluding hydrogens is 164 g/mol. The fraction of sp³-hybridized carbons (Fsp3) is 1.00. The number of methoxy groups -OCH3 is 2. The average Bonchev–Trinajstić information content (AvgIpc) is 2.09. The third kappa shape index (κ3) is 1.75. The van der Waals surface area contributed by atoms with Gasteiger partial charge in [-0.15, -0.1) is 0 Å². The van der Waals surface area contributed by atoms with Crippen LogP contribution in [0.25, 0.3) is 0 Å². The highest BCUT2D eigenvalue weighted by Gasteiger charge is 2.38. The van der Waals surface area contributed by atoms with Gasteiger partial charge in [0.25, 0.3) is 0 Å². The van der Waals surface area contributed by atoms with Gasteiger partial charge < -0.3 is 24.4 Å². The lowest BCUT2D eigenvalue weighted by Gasteiger charge is -2.36. The van der Waals surface area contributed by atoms with Crippen molar-refractivity contribution >= 4 is 0 Å². The Labute approximate surface area is 70.9 Å². The van der Waals surface area contributed by atoms with Gasteiger partial charge in [0.2, 0.25) is 0 Å². The molecule has 12 heavy (non-hydrogen) atoms. The molecule has 4 atom stereocenters. The maximum Gasteiger partial charge on any atom is 0.183 e. The molecule has 1 aliphatic heterocycles. The van der Waals surface area contributed by atoms with Crippen LogP contribution >= 0.6 is 0 Å². The zero-order valence-corrected chi connectivity index (χ0v) is 7.14. The molecule has 0 aromatic heterocycles. The molecule has 0 radical (unpaired) electrons. The largest absolute Gasteiger partial charge is 0.385 e. The number of ether oxygens (including phenoxy) is 3. The van der Waals surface area contributed by atoms with E-state index in [9.17, 15) is 5.11 Å². The second kappa shape index (κ2) is 4.15. The quantitative estimate of drug-likeness (QED) is 0.551. The van der Waals surface area contributed by atoms with Gasteiger partial charge in [-0.2, -0.15) is 0 Å². The molecule has 5 nitrogen and oxygen atoms in total. The van der Waals surface area contributed by atoms with Gasteiger partial charge in [0.05, 0.1) is 6.61 Å². The van der Waals surface area contributed by atoms with E-state index >= 15 is 0 Å². The molecule has 1 saturated heterocycles. The average molecular weight is 178 g/mol. The Morgan fingerprint density at radius 3 is 2.42 bits per heavy atom. The van der Waals surface area contributed by atoms with Crippen molar-refractivity contribution in [1.82, 2.24) is 0 Å². The maximum absolute atomic E-state index is 9.36. The Bertz CT molecular complexity index is 138. The van der Waals surface area contributed by atoms with Crippen LogP contribution in [0.3, 0.4) is 0 Å². The summed E-state index contributed by atoms with van der Waals surface area (Å²) in [5, 5.41) is 18.4. The Hall–Kier alpha value is -0.200. The van der Waals surface area contributed by atoms with Gasteiger partial charge in [-0.1, -0.05) is 0 Å². The van der Waals surface area contributed by atoms with Crippen LogP contribution < -0.4 is 0 Å². The summed E-state index contributed by atoms with van der Waals surface area (Å²) in [5.41, 5.74) is 0. The van der Waals surface area contributed by atoms with Crippen LogP contribution in [0.5, 0.6) is 0 Å². The summed E-state index contributed by atoms with van der Waals surface area (Å²) in [6.07, 6.45) is -3.08. The first-order valence-corrected chi connectivity index (χ1v) is 3.74. The lowest BCUT2D eigenvalue weighted by molar-refractivity contribution is -0.261. The fourth-order valence-corrected chi connectivity index (χ4v) is 1.26. The second-order valence-corrected chi connectivity index (χ2v) is 2.69. The van der Waals surface area contributed by atoms with Crippen molar-refractivity contribution in [3.8, 4) is 0 Å². The zero-order chi connectivity index (χ0) is 9.14. The summed E-state index contributed by atoms with van der Waals surface area (Å²) >= 11 is 0. The van der Waals surface area contributed by atoms with Gasteiger partial charge in [0.15, 0.2) is 6.29 Å². The van der Waals surface area contributed by atoms with E-state index in [4.69, 9.17) is 19.3 Å². The monoisotopic (exact) mass is 178 g/mol. The predicted octanol–water partition coefficient (Wildman–Crippen LogP) is -1.27. The van der Waals surface area contributed by atoms with Gasteiger partial charge in [0.1, 0.15) is 18.3 Å². The van der Waals surface area contributed by atoms with Crippen LogP contribution in [0.4, 0.5) is 0 Å². The highest BCUT2D eigenvalue weighted by molar-refractivity contribution is 4.83. The van der Waals surface area contributed by atoms with E-state index in [0.717, 1.165) is 0 Å². The van der Waals surface area contributed by atoms with Crippen molar-refractivity contribution in [2.24, 2.45) is 0 Å². The van der Waals surface area contributed by atoms with Crippen molar-refractivity contribution < 1.29 is 24.4 Å². The van der Waals surface area contributed by atoms with Gasteiger partial charge in [0, 0.05) is 14.2 Å². The van der Waals surface area contributed by atoms with E-state index in [0.29, 0.717) is 0 Å². The smallest absolute Gasteiger partial charge is 0.183 e. The lowest BCUT2D eigenvalue weighted by Crippen LogP contribution is -2.54. The third-order valence-corrected chi connectivity index (χ3v) is 2.00. The lowest BCUT2D eigenvalue weighted by atomic mass is 10.1. The molecule has 0 bridgehead atoms. The van der Waals surface area contributed by atoms with Crippen LogP contribution in [-0.2, 0) is 14.2 Å². The SMILES string of the molecule is CO[C@H]1[C@H](OC)COC(O)[C@@H]1O. The van der Waals surface area contributed by atoms with Gasteiger partial charge >= 0.3 is 0 Å². The topological polar surface area (TPSA) is 68.2 Å². The van der Waals surface area contributed by atoms with Crippen LogP contribution in [0.2, 0.25) is 0 Å². The molecule has 0 aromatic carbocycles. The summed E-state index contributed by atoms with van der Waals surface area (Å²) < 4.78 is 14.8. The van der Waals surface area contributed by atoms with Crippen molar-refractivity contribution in [2.75, 3.05) is 20.8 Å². The number of hydrogen-bond acceptors (Lipinski definition) is 5. The van der Waals surface area contributed by atoms with Gasteiger partial charge in [-0.05, 0) is 0 Å². The maximum atomic E-state index is 9.36. The van der Waals surface area contributed by atoms with Gasteiger partial charge in [-0.3, -0.25) is 0 Å². The minimum atomic E-state index is -1.18. The summed E-state index contributed by atoms with van der Waals surface area (Å²) in [7, 11) is 2.96. The van der Waals surface area contributed by atoms with E-state index in [1.54, 1.807) is 0 Å². The van der Waals surface area contributed by atoms with Crippen molar-refractivity contribution in [3.63, 3.8) is 0 Å². The summed E-state index contributed by atoms with van der Waals surface area (Å²) in [4.78, 5) is 0. The van der Waals surface area contributed by atoms with E-state index in [2.05, 4.69) is 0 Å². The molecule has 0 amide bonds. The highest BCUT2D eigenvalue weighted by atomic mass is 16.6. The van der Waals surface area contributed by atoms with Crippen LogP contribution in [0.15, 0.2) is 0 Å². The molecule has 0 aromatic rings. The molecule has 2 N–H and O–H groups in total. The first kappa shape index (κ1) is 9.88. The zero-order valence-electron chi connectivity index (χ0n) is 7.14. The molecule has 1 heterocycles. The standard InChI is InChI=1S/C7H14O5/c1-10-4-3-12-7(9)5(8)6(4)11-2/h4-9H,3H2,1-2H3/t4-,5-,6+,7?/m1/s1. The Morgan fingerprint density at radius 2 is 1.92 bits per heavy atom.